The zero-order valence-electron chi connectivity index (χ0n) is 67.8. The lowest BCUT2D eigenvalue weighted by molar-refractivity contribution is 0.0523. The fraction of sp³-hybridized carbons (Fsp3) is 0.283. The van der Waals surface area contributed by atoms with E-state index in [1.165, 1.54) is 139 Å². The van der Waals surface area contributed by atoms with Gasteiger partial charge in [0.15, 0.2) is 11.2 Å². The Morgan fingerprint density at radius 1 is 0.398 bits per heavy atom. The minimum atomic E-state index is -0.932. The smallest absolute Gasteiger partial charge is 0.343 e. The zero-order valence-corrected chi connectivity index (χ0v) is 67.8. The number of rotatable bonds is 21. The van der Waals surface area contributed by atoms with Gasteiger partial charge >= 0.3 is 23.9 Å². The molecule has 0 amide bonds. The first-order valence-electron chi connectivity index (χ1n) is 42.8. The summed E-state index contributed by atoms with van der Waals surface area (Å²) in [6, 6.07) is 85.2. The molecule has 12 aromatic carbocycles. The quantitative estimate of drug-likeness (QED) is 0.0386. The Kier molecular flexibility index (Phi) is 23.4. The van der Waals surface area contributed by atoms with Crippen molar-refractivity contribution in [3.63, 3.8) is 0 Å². The average Bonchev–Trinajstić information content (AvgIpc) is 1.02. The van der Waals surface area contributed by atoms with Gasteiger partial charge in [-0.3, -0.25) is 0 Å². The predicted octanol–water partition coefficient (Wildman–Crippen LogP) is 25.2. The fourth-order valence-electron chi connectivity index (χ4n) is 18.7. The van der Waals surface area contributed by atoms with Crippen molar-refractivity contribution in [3.05, 3.63) is 334 Å². The molecule has 12 aromatic rings. The van der Waals surface area contributed by atoms with Crippen LogP contribution in [-0.4, -0.2) is 63.8 Å². The molecule has 2 saturated heterocycles. The summed E-state index contributed by atoms with van der Waals surface area (Å²) < 4.78 is 37.0. The molecule has 0 spiro atoms. The highest BCUT2D eigenvalue weighted by Crippen LogP contribution is 2.51. The maximum absolute atomic E-state index is 13.6. The van der Waals surface area contributed by atoms with Crippen LogP contribution in [0.4, 0.5) is 11.4 Å². The van der Waals surface area contributed by atoms with Gasteiger partial charge in [0.2, 0.25) is 0 Å². The molecule has 4 aliphatic heterocycles. The van der Waals surface area contributed by atoms with Crippen LogP contribution in [0.5, 0.6) is 23.0 Å². The molecule has 12 heteroatoms. The van der Waals surface area contributed by atoms with Gasteiger partial charge in [-0.15, -0.1) is 0 Å². The highest BCUT2D eigenvalue weighted by atomic mass is 16.5. The number of ether oxygens (including phenoxy) is 6. The van der Waals surface area contributed by atoms with E-state index in [0.29, 0.717) is 68.2 Å². The summed E-state index contributed by atoms with van der Waals surface area (Å²) in [5.74, 6) is 2.67. The van der Waals surface area contributed by atoms with E-state index >= 15 is 0 Å². The number of anilines is 2. The molecule has 0 radical (unpaired) electrons. The first kappa shape index (κ1) is 78.3. The lowest BCUT2D eigenvalue weighted by Gasteiger charge is -2.37. The minimum Gasteiger partial charge on any atom is -0.472 e. The van der Waals surface area contributed by atoms with Crippen molar-refractivity contribution in [2.45, 2.75) is 146 Å². The van der Waals surface area contributed by atoms with Crippen LogP contribution in [0.3, 0.4) is 0 Å². The lowest BCUT2D eigenvalue weighted by Crippen LogP contribution is -2.34. The third-order valence-corrected chi connectivity index (χ3v) is 25.3. The van der Waals surface area contributed by atoms with Gasteiger partial charge in [0.1, 0.15) is 23.0 Å². The lowest BCUT2D eigenvalue weighted by atomic mass is 9.77. The average molecular weight is 1560 g/mol. The largest absolute Gasteiger partial charge is 0.472 e. The second-order valence-electron chi connectivity index (χ2n) is 32.6. The maximum atomic E-state index is 13.6. The second kappa shape index (κ2) is 35.3. The van der Waals surface area contributed by atoms with Crippen LogP contribution in [0.2, 0.25) is 0 Å². The summed E-state index contributed by atoms with van der Waals surface area (Å²) in [7, 11) is 1.40. The normalized spacial score (nSPS) is 18.8. The Balaban J connectivity index is 0.000000170. The van der Waals surface area contributed by atoms with E-state index in [2.05, 4.69) is 162 Å². The van der Waals surface area contributed by atoms with E-state index in [-0.39, 0.29) is 18.5 Å². The van der Waals surface area contributed by atoms with Gasteiger partial charge in [-0.2, -0.15) is 0 Å². The topological polar surface area (TPSA) is 130 Å². The molecule has 2 saturated carbocycles. The van der Waals surface area contributed by atoms with E-state index in [1.807, 2.05) is 140 Å². The molecule has 2 unspecified atom stereocenters. The highest BCUT2D eigenvalue weighted by Gasteiger charge is 2.42. The summed E-state index contributed by atoms with van der Waals surface area (Å²) in [6.07, 6.45) is 29.7. The van der Waals surface area contributed by atoms with Crippen molar-refractivity contribution in [2.75, 3.05) is 49.7 Å². The van der Waals surface area contributed by atoms with Gasteiger partial charge < -0.3 is 38.2 Å². The van der Waals surface area contributed by atoms with Crippen LogP contribution in [0, 0.1) is 5.92 Å². The molecule has 0 bridgehead atoms. The standard InChI is InChI=1S/C56H57NO5.C50H45NO5/c1-3-5-7-12-39-15-17-40(18-16-39)41-19-21-43(22-20-41)54(58)61-49-30-23-42(24-31-49)44-25-32-50-45(37-44)38-52(55(59)60-4-2)51-33-34-56(62-53(50)51,46-13-8-6-9-14-46)47-26-28-48(29-27-47)57-35-10-11-36-57;1-54-49(53)46-33-39-32-38(36-18-25-43(26-19-36)55-48(52)37-16-14-35(15-17-37)34-10-4-2-5-11-34)20-27-44(39)47-45(46)28-29-50(56-47,40-12-6-3-7-13-40)41-21-23-42(24-22-41)51-30-8-9-31-51/h6,8-9,13-14,19-34,37-40H,3-5,7,10-12,15-18,35-36H2,1-2H3;3,6-7,12-29,32-34H,2,4-5,8-11,30-31H2,1H3. The molecule has 0 aromatic heterocycles. The molecule has 2 atom stereocenters. The minimum absolute atomic E-state index is 0.260. The fourth-order valence-corrected chi connectivity index (χ4v) is 18.7. The number of benzene rings is 12. The van der Waals surface area contributed by atoms with Crippen LogP contribution in [0.15, 0.2) is 267 Å². The molecule has 12 nitrogen and oxygen atoms in total. The molecule has 2 aliphatic carbocycles. The Labute approximate surface area is 693 Å². The molecular weight excluding hydrogens is 1460 g/mol. The van der Waals surface area contributed by atoms with Crippen molar-refractivity contribution >= 4 is 68.9 Å². The molecule has 0 N–H and O–H groups in total. The van der Waals surface area contributed by atoms with Gasteiger partial charge in [-0.1, -0.05) is 210 Å². The number of fused-ring (bicyclic) bond motifs is 6. The van der Waals surface area contributed by atoms with Crippen LogP contribution < -0.4 is 28.7 Å². The summed E-state index contributed by atoms with van der Waals surface area (Å²) in [5.41, 5.74) is 14.3. The van der Waals surface area contributed by atoms with Gasteiger partial charge in [-0.25, -0.2) is 19.2 Å². The Bertz CT molecular complexity index is 5640. The first-order chi connectivity index (χ1) is 57.9. The van der Waals surface area contributed by atoms with Gasteiger partial charge in [0, 0.05) is 81.7 Å². The zero-order chi connectivity index (χ0) is 80.5. The molecule has 18 rings (SSSR count). The Morgan fingerprint density at radius 2 is 0.814 bits per heavy atom. The van der Waals surface area contributed by atoms with E-state index in [1.54, 1.807) is 0 Å². The third kappa shape index (κ3) is 16.5. The SMILES string of the molecule is CCCCCC1CCC(c2ccc(C(=O)Oc3ccc(-c4ccc5c6c(c(C(=O)OCC)cc5c4)C=CC(c4ccccc4)(c4ccc(N5CCCC5)cc4)O6)cc3)cc2)CC1.COC(=O)c1cc2cc(-c3ccc(OC(=O)c4ccc(C5CCCCC5)cc4)cc3)ccc2c2c1C=CC(c1ccccc1)(c1ccc(N3CCCC3)cc1)O2. The van der Waals surface area contributed by atoms with E-state index in [0.717, 1.165) is 98.1 Å². The molecule has 6 aliphatic rings. The van der Waals surface area contributed by atoms with Crippen LogP contribution >= 0.6 is 0 Å². The molecule has 596 valence electrons. The summed E-state index contributed by atoms with van der Waals surface area (Å²) >= 11 is 0. The van der Waals surface area contributed by atoms with Crippen molar-refractivity contribution in [2.24, 2.45) is 5.92 Å². The number of hydrogen-bond donors (Lipinski definition) is 0. The Hall–Kier alpha value is -12.3. The van der Waals surface area contributed by atoms with Crippen molar-refractivity contribution in [3.8, 4) is 45.3 Å². The summed E-state index contributed by atoms with van der Waals surface area (Å²) in [5, 5.41) is 3.47. The van der Waals surface area contributed by atoms with E-state index < -0.39 is 23.1 Å². The summed E-state index contributed by atoms with van der Waals surface area (Å²) in [6.45, 7) is 8.65. The second-order valence-corrected chi connectivity index (χ2v) is 32.6. The van der Waals surface area contributed by atoms with Crippen LogP contribution in [0.25, 0.3) is 56.0 Å². The van der Waals surface area contributed by atoms with Crippen LogP contribution in [0.1, 0.15) is 221 Å². The van der Waals surface area contributed by atoms with E-state index in [4.69, 9.17) is 28.4 Å². The van der Waals surface area contributed by atoms with Crippen molar-refractivity contribution in [1.29, 1.82) is 0 Å². The predicted molar refractivity (Wildman–Crippen MR) is 473 cm³/mol. The number of nitrogens with zero attached hydrogens (tertiary/aromatic N) is 2. The van der Waals surface area contributed by atoms with Crippen LogP contribution in [-0.2, 0) is 20.7 Å². The molecule has 4 fully saturated rings. The monoisotopic (exact) mass is 1560 g/mol. The maximum Gasteiger partial charge on any atom is 0.343 e. The number of carbonyl (C=O) groups excluding carboxylic acids is 4. The molecule has 4 heterocycles. The highest BCUT2D eigenvalue weighted by molar-refractivity contribution is 6.07. The van der Waals surface area contributed by atoms with Crippen molar-refractivity contribution in [1.82, 2.24) is 0 Å². The van der Waals surface area contributed by atoms with Gasteiger partial charge in [-0.05, 0) is 254 Å². The number of carbonyl (C=O) groups is 4. The number of esters is 4. The number of unbranched alkanes of at least 4 members (excludes halogenated alkanes) is 2. The molecule has 118 heavy (non-hydrogen) atoms. The first-order valence-corrected chi connectivity index (χ1v) is 42.8. The van der Waals surface area contributed by atoms with Gasteiger partial charge in [0.05, 0.1) is 36.0 Å². The summed E-state index contributed by atoms with van der Waals surface area (Å²) in [4.78, 5) is 58.0. The van der Waals surface area contributed by atoms with Gasteiger partial charge in [0.25, 0.3) is 0 Å². The Morgan fingerprint density at radius 3 is 1.24 bits per heavy atom. The third-order valence-electron chi connectivity index (χ3n) is 25.3. The molecular formula is C106H102N2O10. The van der Waals surface area contributed by atoms with E-state index in [9.17, 15) is 19.2 Å². The number of methoxy groups -OCH3 is 1. The number of hydrogen-bond acceptors (Lipinski definition) is 12. The van der Waals surface area contributed by atoms with Crippen molar-refractivity contribution < 1.29 is 47.6 Å².